The van der Waals surface area contributed by atoms with E-state index in [1.54, 1.807) is 0 Å². The quantitative estimate of drug-likeness (QED) is 0.640. The van der Waals surface area contributed by atoms with E-state index in [9.17, 15) is 9.18 Å². The third-order valence-corrected chi connectivity index (χ3v) is 5.54. The Bertz CT molecular complexity index is 1050. The van der Waals surface area contributed by atoms with Crippen molar-refractivity contribution in [1.82, 2.24) is 15.0 Å². The van der Waals surface area contributed by atoms with Crippen LogP contribution in [-0.4, -0.2) is 40.6 Å². The maximum Gasteiger partial charge on any atom is 0.238 e. The van der Waals surface area contributed by atoms with Gasteiger partial charge in [-0.3, -0.25) is 9.69 Å². The number of carbonyl (C=O) groups is 1. The molecule has 4 rings (SSSR count). The smallest absolute Gasteiger partial charge is 0.238 e. The number of piperidine rings is 1. The van der Waals surface area contributed by atoms with Gasteiger partial charge < -0.3 is 9.84 Å². The Labute approximate surface area is 179 Å². The number of hydrogen-bond acceptors (Lipinski definition) is 5. The first-order valence-corrected chi connectivity index (χ1v) is 10.2. The molecule has 1 aliphatic heterocycles. The fraction of sp³-hybridized carbons (Fsp3) is 0.318. The van der Waals surface area contributed by atoms with E-state index in [2.05, 4.69) is 20.4 Å². The number of aromatic nitrogens is 2. The molecular formula is C22H22ClFN4O2. The van der Waals surface area contributed by atoms with Gasteiger partial charge in [0.2, 0.25) is 17.6 Å². The molecule has 2 aromatic carbocycles. The second kappa shape index (κ2) is 8.93. The summed E-state index contributed by atoms with van der Waals surface area (Å²) in [7, 11) is 0. The highest BCUT2D eigenvalue weighted by molar-refractivity contribution is 6.33. The number of likely N-dealkylation sites (tertiary alicyclic amines) is 1. The molecule has 1 aliphatic rings. The van der Waals surface area contributed by atoms with Crippen molar-refractivity contribution in [2.24, 2.45) is 0 Å². The molecule has 0 bridgehead atoms. The van der Waals surface area contributed by atoms with Crippen molar-refractivity contribution in [3.05, 3.63) is 64.8 Å². The van der Waals surface area contributed by atoms with Gasteiger partial charge in [0.1, 0.15) is 5.82 Å². The molecule has 6 nitrogen and oxygen atoms in total. The number of amides is 1. The van der Waals surface area contributed by atoms with E-state index in [-0.39, 0.29) is 23.4 Å². The lowest BCUT2D eigenvalue weighted by atomic mass is 9.97. The van der Waals surface area contributed by atoms with Crippen molar-refractivity contribution < 1.29 is 13.7 Å². The Hall–Kier alpha value is -2.77. The molecule has 156 valence electrons. The molecular weight excluding hydrogens is 407 g/mol. The van der Waals surface area contributed by atoms with Crippen LogP contribution in [0.3, 0.4) is 0 Å². The molecule has 1 N–H and O–H groups in total. The van der Waals surface area contributed by atoms with Gasteiger partial charge in [-0.05, 0) is 57.1 Å². The summed E-state index contributed by atoms with van der Waals surface area (Å²) >= 11 is 5.97. The molecule has 0 unspecified atom stereocenters. The number of hydrogen-bond donors (Lipinski definition) is 1. The lowest BCUT2D eigenvalue weighted by molar-refractivity contribution is -0.117. The number of nitrogens with one attached hydrogen (secondary N) is 1. The molecule has 1 amide bonds. The summed E-state index contributed by atoms with van der Waals surface area (Å²) in [6.07, 6.45) is 1.67. The standard InChI is InChI=1S/C22H22ClFN4O2/c1-14-3-2-4-16(11-14)21-26-22(30-27-21)15-7-9-28(10-8-15)13-20(29)25-19-6-5-17(24)12-18(19)23/h2-6,11-12,15H,7-10,13H2,1H3,(H,25,29). The summed E-state index contributed by atoms with van der Waals surface area (Å²) in [5.74, 6) is 0.815. The minimum atomic E-state index is -0.438. The molecule has 3 aromatic rings. The Morgan fingerprint density at radius 3 is 2.80 bits per heavy atom. The van der Waals surface area contributed by atoms with Crippen LogP contribution in [-0.2, 0) is 4.79 Å². The Morgan fingerprint density at radius 1 is 1.27 bits per heavy atom. The minimum absolute atomic E-state index is 0.179. The van der Waals surface area contributed by atoms with Crippen LogP contribution in [0.4, 0.5) is 10.1 Å². The normalized spacial score (nSPS) is 15.3. The molecule has 1 aromatic heterocycles. The van der Waals surface area contributed by atoms with Gasteiger partial charge in [0.15, 0.2) is 0 Å². The van der Waals surface area contributed by atoms with Crippen LogP contribution in [0.2, 0.25) is 5.02 Å². The van der Waals surface area contributed by atoms with Gasteiger partial charge >= 0.3 is 0 Å². The second-order valence-electron chi connectivity index (χ2n) is 7.55. The number of aryl methyl sites for hydroxylation is 1. The first-order chi connectivity index (χ1) is 14.5. The lowest BCUT2D eigenvalue weighted by Gasteiger charge is -2.29. The molecule has 0 atom stereocenters. The molecule has 0 spiro atoms. The van der Waals surface area contributed by atoms with Crippen LogP contribution >= 0.6 is 11.6 Å². The average molecular weight is 429 g/mol. The fourth-order valence-corrected chi connectivity index (χ4v) is 3.84. The summed E-state index contributed by atoms with van der Waals surface area (Å²) in [5.41, 5.74) is 2.50. The predicted octanol–water partition coefficient (Wildman–Crippen LogP) is 4.66. The predicted molar refractivity (Wildman–Crippen MR) is 113 cm³/mol. The van der Waals surface area contributed by atoms with Gasteiger partial charge in [0.05, 0.1) is 17.3 Å². The molecule has 2 heterocycles. The van der Waals surface area contributed by atoms with Crippen molar-refractivity contribution in [2.45, 2.75) is 25.7 Å². The maximum absolute atomic E-state index is 13.1. The van der Waals surface area contributed by atoms with Crippen molar-refractivity contribution in [2.75, 3.05) is 25.0 Å². The SMILES string of the molecule is Cc1cccc(-c2noc(C3CCN(CC(=O)Nc4ccc(F)cc4Cl)CC3)n2)c1. The van der Waals surface area contributed by atoms with Crippen molar-refractivity contribution in [3.63, 3.8) is 0 Å². The zero-order valence-electron chi connectivity index (χ0n) is 16.6. The van der Waals surface area contributed by atoms with Gasteiger partial charge in [-0.25, -0.2) is 4.39 Å². The van der Waals surface area contributed by atoms with Crippen LogP contribution in [0.15, 0.2) is 47.0 Å². The molecule has 0 saturated carbocycles. The number of nitrogens with zero attached hydrogens (tertiary/aromatic N) is 3. The molecule has 30 heavy (non-hydrogen) atoms. The van der Waals surface area contributed by atoms with Crippen LogP contribution in [0.25, 0.3) is 11.4 Å². The fourth-order valence-electron chi connectivity index (χ4n) is 3.62. The number of rotatable bonds is 5. The van der Waals surface area contributed by atoms with Gasteiger partial charge in [-0.2, -0.15) is 4.98 Å². The number of carbonyl (C=O) groups excluding carboxylic acids is 1. The van der Waals surface area contributed by atoms with Crippen molar-refractivity contribution in [1.29, 1.82) is 0 Å². The number of halogens is 2. The summed E-state index contributed by atoms with van der Waals surface area (Å²) in [4.78, 5) is 19.0. The van der Waals surface area contributed by atoms with Gasteiger partial charge in [0, 0.05) is 11.5 Å². The van der Waals surface area contributed by atoms with E-state index in [0.717, 1.165) is 37.1 Å². The zero-order chi connectivity index (χ0) is 21.1. The lowest BCUT2D eigenvalue weighted by Crippen LogP contribution is -2.38. The third-order valence-electron chi connectivity index (χ3n) is 5.23. The first kappa shape index (κ1) is 20.5. The summed E-state index contributed by atoms with van der Waals surface area (Å²) in [6.45, 7) is 3.77. The average Bonchev–Trinajstić information content (AvgIpc) is 3.21. The molecule has 1 fully saturated rings. The minimum Gasteiger partial charge on any atom is -0.339 e. The molecule has 0 aliphatic carbocycles. The van der Waals surface area contributed by atoms with Crippen molar-refractivity contribution in [3.8, 4) is 11.4 Å². The monoisotopic (exact) mass is 428 g/mol. The van der Waals surface area contributed by atoms with E-state index in [0.29, 0.717) is 17.4 Å². The van der Waals surface area contributed by atoms with Gasteiger partial charge in [-0.15, -0.1) is 0 Å². The topological polar surface area (TPSA) is 71.3 Å². The highest BCUT2D eigenvalue weighted by Gasteiger charge is 2.26. The second-order valence-corrected chi connectivity index (χ2v) is 7.96. The van der Waals surface area contributed by atoms with E-state index < -0.39 is 5.82 Å². The van der Waals surface area contributed by atoms with Crippen LogP contribution < -0.4 is 5.32 Å². The van der Waals surface area contributed by atoms with Crippen LogP contribution in [0, 0.1) is 12.7 Å². The number of anilines is 1. The van der Waals surface area contributed by atoms with Crippen LogP contribution in [0.5, 0.6) is 0 Å². The zero-order valence-corrected chi connectivity index (χ0v) is 17.3. The highest BCUT2D eigenvalue weighted by Crippen LogP contribution is 2.29. The summed E-state index contributed by atoms with van der Waals surface area (Å²) in [6, 6.07) is 11.9. The van der Waals surface area contributed by atoms with E-state index in [4.69, 9.17) is 16.1 Å². The molecule has 0 radical (unpaired) electrons. The molecule has 8 heteroatoms. The van der Waals surface area contributed by atoms with E-state index in [1.165, 1.54) is 18.2 Å². The van der Waals surface area contributed by atoms with Gasteiger partial charge in [0.25, 0.3) is 0 Å². The summed E-state index contributed by atoms with van der Waals surface area (Å²) in [5, 5.41) is 7.05. The van der Waals surface area contributed by atoms with E-state index >= 15 is 0 Å². The Kier molecular flexibility index (Phi) is 6.11. The van der Waals surface area contributed by atoms with Crippen LogP contribution in [0.1, 0.15) is 30.2 Å². The first-order valence-electron chi connectivity index (χ1n) is 9.86. The maximum atomic E-state index is 13.1. The largest absolute Gasteiger partial charge is 0.339 e. The third kappa shape index (κ3) is 4.86. The van der Waals surface area contributed by atoms with Gasteiger partial charge in [-0.1, -0.05) is 40.5 Å². The van der Waals surface area contributed by atoms with Crippen molar-refractivity contribution >= 4 is 23.2 Å². The number of benzene rings is 2. The highest BCUT2D eigenvalue weighted by atomic mass is 35.5. The summed E-state index contributed by atoms with van der Waals surface area (Å²) < 4.78 is 18.6. The Morgan fingerprint density at radius 2 is 2.07 bits per heavy atom. The Balaban J connectivity index is 1.30. The molecule has 1 saturated heterocycles. The van der Waals surface area contributed by atoms with E-state index in [1.807, 2.05) is 31.2 Å².